The summed E-state index contributed by atoms with van der Waals surface area (Å²) < 4.78 is 24.8. The highest BCUT2D eigenvalue weighted by molar-refractivity contribution is 7.99. The van der Waals surface area contributed by atoms with E-state index in [4.69, 9.17) is 0 Å². The molecular weight excluding hydrogens is 298 g/mol. The minimum Gasteiger partial charge on any atom is -0.347 e. The van der Waals surface area contributed by atoms with Crippen LogP contribution in [0.4, 0.5) is 14.5 Å². The van der Waals surface area contributed by atoms with Crippen molar-refractivity contribution in [2.24, 2.45) is 5.41 Å². The minimum atomic E-state index is -2.57. The maximum atomic E-state index is 12.4. The molecule has 0 fully saturated rings. The molecule has 0 aliphatic heterocycles. The van der Waals surface area contributed by atoms with Gasteiger partial charge < -0.3 is 10.6 Å². The Bertz CT molecular complexity index is 516. The Kier molecular flexibility index (Phi) is 6.14. The lowest BCUT2D eigenvalue weighted by Crippen LogP contribution is -2.39. The van der Waals surface area contributed by atoms with E-state index < -0.39 is 17.1 Å². The van der Waals surface area contributed by atoms with Crippen molar-refractivity contribution < 1.29 is 18.4 Å². The fraction of sp³-hybridized carbons (Fsp3) is 0.429. The first-order chi connectivity index (χ1) is 9.70. The molecule has 0 saturated heterocycles. The van der Waals surface area contributed by atoms with E-state index in [1.807, 2.05) is 0 Å². The largest absolute Gasteiger partial charge is 0.347 e. The Morgan fingerprint density at radius 3 is 2.43 bits per heavy atom. The number of anilines is 1. The van der Waals surface area contributed by atoms with E-state index in [2.05, 4.69) is 10.6 Å². The van der Waals surface area contributed by atoms with Gasteiger partial charge in [0, 0.05) is 10.3 Å². The van der Waals surface area contributed by atoms with Gasteiger partial charge in [-0.15, -0.1) is 0 Å². The first kappa shape index (κ1) is 17.4. The highest BCUT2D eigenvalue weighted by Crippen LogP contribution is 2.31. The van der Waals surface area contributed by atoms with Gasteiger partial charge in [-0.2, -0.15) is 8.78 Å². The predicted molar refractivity (Wildman–Crippen MR) is 79.4 cm³/mol. The summed E-state index contributed by atoms with van der Waals surface area (Å²) >= 11 is 0.360. The third-order valence-electron chi connectivity index (χ3n) is 2.47. The molecule has 0 aliphatic carbocycles. The standard InChI is InChI=1S/C14H18F2N2O2S/c1-14(2,3)12(20)17-8-11(19)18-9-6-4-5-7-10(9)21-13(15)16/h4-7,13H,8H2,1-3H3,(H,17,20)(H,18,19). The lowest BCUT2D eigenvalue weighted by Gasteiger charge is -2.17. The molecule has 2 N–H and O–H groups in total. The van der Waals surface area contributed by atoms with Crippen LogP contribution in [0.1, 0.15) is 20.8 Å². The van der Waals surface area contributed by atoms with Crippen LogP contribution in [-0.4, -0.2) is 24.1 Å². The van der Waals surface area contributed by atoms with Crippen LogP contribution in [-0.2, 0) is 9.59 Å². The van der Waals surface area contributed by atoms with Crippen LogP contribution in [0.25, 0.3) is 0 Å². The molecule has 0 spiro atoms. The lowest BCUT2D eigenvalue weighted by atomic mass is 9.96. The number of thioether (sulfide) groups is 1. The van der Waals surface area contributed by atoms with E-state index in [0.717, 1.165) is 0 Å². The molecule has 0 radical (unpaired) electrons. The van der Waals surface area contributed by atoms with Gasteiger partial charge in [0.25, 0.3) is 5.76 Å². The molecule has 116 valence electrons. The minimum absolute atomic E-state index is 0.205. The Morgan fingerprint density at radius 2 is 1.86 bits per heavy atom. The van der Waals surface area contributed by atoms with Crippen molar-refractivity contribution in [3.8, 4) is 0 Å². The number of hydrogen-bond acceptors (Lipinski definition) is 3. The zero-order chi connectivity index (χ0) is 16.0. The molecule has 0 aromatic heterocycles. The molecule has 0 heterocycles. The molecule has 1 aromatic rings. The van der Waals surface area contributed by atoms with E-state index in [1.54, 1.807) is 32.9 Å². The van der Waals surface area contributed by atoms with Gasteiger partial charge in [-0.05, 0) is 12.1 Å². The van der Waals surface area contributed by atoms with Crippen molar-refractivity contribution >= 4 is 29.3 Å². The summed E-state index contributed by atoms with van der Waals surface area (Å²) in [5, 5.41) is 5.01. The van der Waals surface area contributed by atoms with Gasteiger partial charge in [0.1, 0.15) is 0 Å². The number of benzene rings is 1. The van der Waals surface area contributed by atoms with Crippen LogP contribution >= 0.6 is 11.8 Å². The van der Waals surface area contributed by atoms with E-state index >= 15 is 0 Å². The van der Waals surface area contributed by atoms with E-state index in [9.17, 15) is 18.4 Å². The highest BCUT2D eigenvalue weighted by atomic mass is 32.2. The Balaban J connectivity index is 2.61. The van der Waals surface area contributed by atoms with Crippen molar-refractivity contribution in [1.82, 2.24) is 5.32 Å². The second-order valence-electron chi connectivity index (χ2n) is 5.36. The molecular formula is C14H18F2N2O2S. The summed E-state index contributed by atoms with van der Waals surface area (Å²) in [6.07, 6.45) is 0. The molecule has 0 aliphatic rings. The van der Waals surface area contributed by atoms with E-state index in [-0.39, 0.29) is 17.3 Å². The molecule has 0 bridgehead atoms. The third kappa shape index (κ3) is 6.12. The molecule has 0 unspecified atom stereocenters. The van der Waals surface area contributed by atoms with Crippen molar-refractivity contribution in [1.29, 1.82) is 0 Å². The number of carbonyl (C=O) groups excluding carboxylic acids is 2. The normalized spacial score (nSPS) is 11.3. The third-order valence-corrected chi connectivity index (χ3v) is 3.26. The van der Waals surface area contributed by atoms with Gasteiger partial charge in [0.2, 0.25) is 11.8 Å². The van der Waals surface area contributed by atoms with Crippen molar-refractivity contribution in [2.75, 3.05) is 11.9 Å². The van der Waals surface area contributed by atoms with Crippen LogP contribution in [0.5, 0.6) is 0 Å². The molecule has 4 nitrogen and oxygen atoms in total. The second-order valence-corrected chi connectivity index (χ2v) is 6.39. The zero-order valence-corrected chi connectivity index (χ0v) is 12.9. The van der Waals surface area contributed by atoms with Crippen LogP contribution in [0.3, 0.4) is 0 Å². The van der Waals surface area contributed by atoms with Crippen molar-refractivity contribution in [3.63, 3.8) is 0 Å². The smallest absolute Gasteiger partial charge is 0.288 e. The Labute approximate surface area is 126 Å². The van der Waals surface area contributed by atoms with Crippen LogP contribution in [0.15, 0.2) is 29.2 Å². The van der Waals surface area contributed by atoms with Crippen molar-refractivity contribution in [3.05, 3.63) is 24.3 Å². The van der Waals surface area contributed by atoms with E-state index in [1.165, 1.54) is 12.1 Å². The van der Waals surface area contributed by atoms with Gasteiger partial charge in [-0.1, -0.05) is 44.7 Å². The van der Waals surface area contributed by atoms with Gasteiger partial charge in [0.15, 0.2) is 0 Å². The Morgan fingerprint density at radius 1 is 1.24 bits per heavy atom. The number of para-hydroxylation sites is 1. The molecule has 1 aromatic carbocycles. The number of alkyl halides is 2. The van der Waals surface area contributed by atoms with E-state index in [0.29, 0.717) is 17.4 Å². The van der Waals surface area contributed by atoms with Crippen LogP contribution in [0, 0.1) is 5.41 Å². The SMILES string of the molecule is CC(C)(C)C(=O)NCC(=O)Nc1ccccc1SC(F)F. The molecule has 0 saturated carbocycles. The average molecular weight is 316 g/mol. The number of nitrogens with one attached hydrogen (secondary N) is 2. The molecule has 21 heavy (non-hydrogen) atoms. The Hall–Kier alpha value is -1.63. The molecule has 7 heteroatoms. The van der Waals surface area contributed by atoms with Gasteiger partial charge in [-0.3, -0.25) is 9.59 Å². The molecule has 2 amide bonds. The van der Waals surface area contributed by atoms with Crippen LogP contribution < -0.4 is 10.6 Å². The highest BCUT2D eigenvalue weighted by Gasteiger charge is 2.21. The first-order valence-electron chi connectivity index (χ1n) is 6.32. The summed E-state index contributed by atoms with van der Waals surface area (Å²) in [6.45, 7) is 4.99. The molecule has 0 atom stereocenters. The average Bonchev–Trinajstić information content (AvgIpc) is 2.36. The predicted octanol–water partition coefficient (Wildman–Crippen LogP) is 3.10. The molecule has 1 rings (SSSR count). The van der Waals surface area contributed by atoms with Gasteiger partial charge >= 0.3 is 0 Å². The monoisotopic (exact) mass is 316 g/mol. The quantitative estimate of drug-likeness (QED) is 0.821. The summed E-state index contributed by atoms with van der Waals surface area (Å²) in [6, 6.07) is 6.29. The zero-order valence-electron chi connectivity index (χ0n) is 12.1. The maximum Gasteiger partial charge on any atom is 0.288 e. The summed E-state index contributed by atoms with van der Waals surface area (Å²) in [5.41, 5.74) is -0.290. The maximum absolute atomic E-state index is 12.4. The number of halogens is 2. The lowest BCUT2D eigenvalue weighted by molar-refractivity contribution is -0.130. The number of amides is 2. The summed E-state index contributed by atoms with van der Waals surface area (Å²) in [4.78, 5) is 23.7. The fourth-order valence-electron chi connectivity index (χ4n) is 1.39. The van der Waals surface area contributed by atoms with Crippen molar-refractivity contribution in [2.45, 2.75) is 31.4 Å². The number of hydrogen-bond donors (Lipinski definition) is 2. The first-order valence-corrected chi connectivity index (χ1v) is 7.20. The van der Waals surface area contributed by atoms with Gasteiger partial charge in [0.05, 0.1) is 12.2 Å². The number of rotatable bonds is 5. The van der Waals surface area contributed by atoms with Gasteiger partial charge in [-0.25, -0.2) is 0 Å². The number of carbonyl (C=O) groups is 2. The summed E-state index contributed by atoms with van der Waals surface area (Å²) in [7, 11) is 0. The fourth-order valence-corrected chi connectivity index (χ4v) is 1.98. The topological polar surface area (TPSA) is 58.2 Å². The summed E-state index contributed by atoms with van der Waals surface area (Å²) in [5.74, 6) is -3.29. The van der Waals surface area contributed by atoms with Crippen LogP contribution in [0.2, 0.25) is 0 Å². The second kappa shape index (κ2) is 7.40.